The fourth-order valence-corrected chi connectivity index (χ4v) is 3.49. The van der Waals surface area contributed by atoms with Crippen molar-refractivity contribution in [3.8, 4) is 22.8 Å². The predicted molar refractivity (Wildman–Crippen MR) is 158 cm³/mol. The van der Waals surface area contributed by atoms with Gasteiger partial charge in [0.25, 0.3) is 0 Å². The Morgan fingerprint density at radius 3 is 2.09 bits per heavy atom. The molecule has 10 nitrogen and oxygen atoms in total. The van der Waals surface area contributed by atoms with Crippen LogP contribution in [-0.2, 0) is 27.1 Å². The third-order valence-corrected chi connectivity index (χ3v) is 5.52. The summed E-state index contributed by atoms with van der Waals surface area (Å²) in [6.45, 7) is 2.02. The molecule has 0 aliphatic rings. The van der Waals surface area contributed by atoms with Gasteiger partial charge in [-0.25, -0.2) is 4.98 Å². The number of ether oxygens (including phenoxy) is 1. The van der Waals surface area contributed by atoms with Gasteiger partial charge in [-0.1, -0.05) is 54.6 Å². The number of oxazole rings is 1. The van der Waals surface area contributed by atoms with Crippen LogP contribution in [0.15, 0.2) is 88.3 Å². The maximum Gasteiger partial charge on any atom is 0.416 e. The lowest BCUT2D eigenvalue weighted by atomic mass is 10.1. The van der Waals surface area contributed by atoms with E-state index < -0.39 is 23.6 Å². The summed E-state index contributed by atoms with van der Waals surface area (Å²) < 4.78 is 48.9. The first-order valence-corrected chi connectivity index (χ1v) is 13.0. The van der Waals surface area contributed by atoms with Crippen LogP contribution in [0.5, 0.6) is 0 Å². The molecule has 0 aliphatic carbocycles. The van der Waals surface area contributed by atoms with E-state index in [1.54, 1.807) is 24.3 Å². The average Bonchev–Trinajstić information content (AvgIpc) is 3.45. The molecule has 1 heterocycles. The summed E-state index contributed by atoms with van der Waals surface area (Å²) in [5, 5.41) is 8.33. The summed E-state index contributed by atoms with van der Waals surface area (Å²) in [7, 11) is 1.50. The Labute approximate surface area is 251 Å². The van der Waals surface area contributed by atoms with Gasteiger partial charge in [0.15, 0.2) is 17.7 Å². The average molecular weight is 613 g/mol. The normalized spacial score (nSPS) is 11.0. The number of halogens is 3. The van der Waals surface area contributed by atoms with E-state index in [2.05, 4.69) is 15.7 Å². The van der Waals surface area contributed by atoms with Crippen LogP contribution in [0.25, 0.3) is 22.8 Å². The minimum absolute atomic E-state index is 0.00183. The second-order valence-corrected chi connectivity index (χ2v) is 8.70. The number of hydrogen-bond acceptors (Lipinski definition) is 7. The summed E-state index contributed by atoms with van der Waals surface area (Å²) in [6, 6.07) is 20.3. The fourth-order valence-electron chi connectivity index (χ4n) is 3.49. The topological polar surface area (TPSA) is 171 Å². The first-order chi connectivity index (χ1) is 21.0. The number of rotatable bonds is 9. The molecule has 1 amide bonds. The number of alkyl halides is 3. The van der Waals surface area contributed by atoms with Gasteiger partial charge in [-0.05, 0) is 36.9 Å². The van der Waals surface area contributed by atoms with Gasteiger partial charge in [0.2, 0.25) is 11.8 Å². The number of aldehydes is 1. The molecule has 44 heavy (non-hydrogen) atoms. The lowest BCUT2D eigenvalue weighted by Gasteiger charge is -2.06. The first kappa shape index (κ1) is 35.1. The Balaban J connectivity index is 0.000000376. The monoisotopic (exact) mass is 612 g/mol. The van der Waals surface area contributed by atoms with Crippen molar-refractivity contribution in [2.45, 2.75) is 26.1 Å². The highest BCUT2D eigenvalue weighted by molar-refractivity contribution is 6.03. The minimum Gasteiger partial charge on any atom is -0.481 e. The van der Waals surface area contributed by atoms with Crippen LogP contribution >= 0.6 is 0 Å². The van der Waals surface area contributed by atoms with Crippen LogP contribution in [0.3, 0.4) is 0 Å². The maximum atomic E-state index is 12.7. The van der Waals surface area contributed by atoms with E-state index in [4.69, 9.17) is 20.0 Å². The summed E-state index contributed by atoms with van der Waals surface area (Å²) in [6.07, 6.45) is -3.90. The molecule has 0 atom stereocenters. The molecule has 0 spiro atoms. The molecule has 3 aromatic carbocycles. The van der Waals surface area contributed by atoms with Crippen molar-refractivity contribution in [2.75, 3.05) is 13.7 Å². The largest absolute Gasteiger partial charge is 0.481 e. The number of aliphatic imine (C=N–C) groups is 1. The predicted octanol–water partition coefficient (Wildman–Crippen LogP) is 5.34. The zero-order valence-electron chi connectivity index (χ0n) is 23.9. The highest BCUT2D eigenvalue weighted by atomic mass is 19.4. The van der Waals surface area contributed by atoms with E-state index in [1.165, 1.54) is 26.1 Å². The third-order valence-electron chi connectivity index (χ3n) is 5.52. The third kappa shape index (κ3) is 10.9. The van der Waals surface area contributed by atoms with E-state index in [1.807, 2.05) is 30.3 Å². The summed E-state index contributed by atoms with van der Waals surface area (Å²) in [4.78, 5) is 40.2. The number of hydrogen-bond donors (Lipinski definition) is 3. The van der Waals surface area contributed by atoms with Gasteiger partial charge in [0, 0.05) is 23.6 Å². The van der Waals surface area contributed by atoms with Crippen LogP contribution in [0, 0.1) is 0 Å². The first-order valence-electron chi connectivity index (χ1n) is 13.0. The fraction of sp³-hybridized carbons (Fsp3) is 0.194. The number of carboxylic acid groups (broad SMARTS) is 1. The molecule has 0 fully saturated rings. The number of aliphatic carboxylic acids is 1. The quantitative estimate of drug-likeness (QED) is 0.0976. The van der Waals surface area contributed by atoms with Crippen LogP contribution in [0.2, 0.25) is 0 Å². The van der Waals surface area contributed by atoms with Crippen molar-refractivity contribution < 1.29 is 41.8 Å². The molecular weight excluding hydrogens is 581 g/mol. The lowest BCUT2D eigenvalue weighted by molar-refractivity contribution is -0.138. The second-order valence-electron chi connectivity index (χ2n) is 8.70. The number of carbonyl (C=O) groups is 3. The van der Waals surface area contributed by atoms with Gasteiger partial charge in [-0.15, -0.1) is 0 Å². The summed E-state index contributed by atoms with van der Waals surface area (Å²) >= 11 is 0. The number of amides is 1. The Morgan fingerprint density at radius 1 is 0.977 bits per heavy atom. The lowest BCUT2D eigenvalue weighted by Crippen LogP contribution is -2.14. The number of amidine groups is 1. The van der Waals surface area contributed by atoms with E-state index in [-0.39, 0.29) is 36.2 Å². The van der Waals surface area contributed by atoms with Crippen molar-refractivity contribution in [1.29, 1.82) is 0 Å². The van der Waals surface area contributed by atoms with Crippen molar-refractivity contribution in [3.05, 3.63) is 101 Å². The molecule has 13 heteroatoms. The highest BCUT2D eigenvalue weighted by Gasteiger charge is 2.30. The number of nitrogens with zero attached hydrogens (tertiary/aromatic N) is 2. The molecule has 4 aromatic rings. The number of carboxylic acids is 1. The van der Waals surface area contributed by atoms with Gasteiger partial charge in [-0.2, -0.15) is 18.2 Å². The zero-order chi connectivity index (χ0) is 32.7. The van der Waals surface area contributed by atoms with E-state index in [0.29, 0.717) is 29.6 Å². The van der Waals surface area contributed by atoms with Crippen LogP contribution in [0.4, 0.5) is 13.2 Å². The van der Waals surface area contributed by atoms with Crippen LogP contribution in [0.1, 0.15) is 40.5 Å². The van der Waals surface area contributed by atoms with Gasteiger partial charge in [0.05, 0.1) is 25.2 Å². The molecule has 0 unspecified atom stereocenters. The molecule has 0 saturated carbocycles. The molecule has 0 radical (unpaired) electrons. The molecule has 0 bridgehead atoms. The number of nitrogens with two attached hydrogens (primary N) is 2. The van der Waals surface area contributed by atoms with Gasteiger partial charge in [0.1, 0.15) is 5.84 Å². The van der Waals surface area contributed by atoms with E-state index >= 15 is 0 Å². The van der Waals surface area contributed by atoms with E-state index in [9.17, 15) is 27.6 Å². The molecule has 5 N–H and O–H groups in total. The molecular formula is C31H31F3N4O6. The minimum atomic E-state index is -4.45. The van der Waals surface area contributed by atoms with Gasteiger partial charge < -0.3 is 25.7 Å². The van der Waals surface area contributed by atoms with Crippen molar-refractivity contribution in [1.82, 2.24) is 4.98 Å². The zero-order valence-corrected chi connectivity index (χ0v) is 23.9. The summed E-state index contributed by atoms with van der Waals surface area (Å²) in [5.41, 5.74) is 11.8. The molecule has 1 aromatic heterocycles. The Hall–Kier alpha value is -5.14. The Kier molecular flexibility index (Phi) is 13.6. The maximum absolute atomic E-state index is 12.7. The molecule has 4 rings (SSSR count). The standard InChI is InChI=1S/C20H14F3N3O3.C10H12O3.CH5N/c1-11(28)25-18(24)13-4-2-12(3-5-13)17-16(10-27)26-19(29-17)14-6-8-15(9-7-14)20(21,22)23;11-10(12)6-7-13-8-9-4-2-1-3-5-9;1-2/h2-10H,1H3,(H2,24,25,28);1-5H,6-8H2,(H,11,12);2H2,1H3. The Morgan fingerprint density at radius 2 is 1.57 bits per heavy atom. The SMILES string of the molecule is CC(=O)N=C(N)c1ccc(-c2oc(-c3ccc(C(F)(F)F)cc3)nc2C=O)cc1.CN.O=C(O)CCOCc1ccccc1. The highest BCUT2D eigenvalue weighted by Crippen LogP contribution is 2.33. The number of aromatic nitrogens is 1. The molecule has 0 saturated heterocycles. The van der Waals surface area contributed by atoms with Crippen LogP contribution < -0.4 is 11.5 Å². The van der Waals surface area contributed by atoms with Gasteiger partial charge in [-0.3, -0.25) is 14.4 Å². The van der Waals surface area contributed by atoms with Crippen LogP contribution in [-0.4, -0.2) is 47.7 Å². The number of benzene rings is 3. The van der Waals surface area contributed by atoms with Crippen molar-refractivity contribution >= 4 is 24.0 Å². The van der Waals surface area contributed by atoms with E-state index in [0.717, 1.165) is 17.7 Å². The molecule has 0 aliphatic heterocycles. The second kappa shape index (κ2) is 17.1. The smallest absolute Gasteiger partial charge is 0.416 e. The molecule has 232 valence electrons. The number of carbonyl (C=O) groups excluding carboxylic acids is 2. The van der Waals surface area contributed by atoms with Crippen molar-refractivity contribution in [2.24, 2.45) is 16.5 Å². The Bertz CT molecular complexity index is 1540. The van der Waals surface area contributed by atoms with Crippen molar-refractivity contribution in [3.63, 3.8) is 0 Å². The summed E-state index contributed by atoms with van der Waals surface area (Å²) in [5.74, 6) is -1.05. The van der Waals surface area contributed by atoms with Gasteiger partial charge >= 0.3 is 12.1 Å².